The molecule has 1 aliphatic heterocycles. The van der Waals surface area contributed by atoms with Gasteiger partial charge in [-0.25, -0.2) is 8.42 Å². The van der Waals surface area contributed by atoms with E-state index in [1.54, 1.807) is 11.9 Å². The molecule has 0 aliphatic carbocycles. The molecule has 1 heterocycles. The molecule has 6 heteroatoms. The lowest BCUT2D eigenvalue weighted by atomic mass is 9.99. The maximum Gasteiger partial charge on any atom is 0.223 e. The number of nitrogens with one attached hydrogen (secondary N) is 1. The molecule has 5 nitrogen and oxygen atoms in total. The van der Waals surface area contributed by atoms with E-state index in [1.165, 1.54) is 0 Å². The van der Waals surface area contributed by atoms with E-state index in [2.05, 4.69) is 5.32 Å². The lowest BCUT2D eigenvalue weighted by Gasteiger charge is -2.27. The molecule has 0 spiro atoms. The van der Waals surface area contributed by atoms with E-state index in [1.807, 2.05) is 0 Å². The van der Waals surface area contributed by atoms with Gasteiger partial charge in [0.25, 0.3) is 0 Å². The van der Waals surface area contributed by atoms with Crippen LogP contribution < -0.4 is 5.32 Å². The summed E-state index contributed by atoms with van der Waals surface area (Å²) in [6, 6.07) is 0. The zero-order chi connectivity index (χ0) is 12.9. The van der Waals surface area contributed by atoms with Crippen LogP contribution in [0.25, 0.3) is 0 Å². The standard InChI is InChI=1S/C11H22N2O3S/c1-13(9-10-4-3-6-12-8-10)11(14)5-7-17(2,15)16/h10,12H,3-9H2,1-2H3. The summed E-state index contributed by atoms with van der Waals surface area (Å²) < 4.78 is 21.9. The van der Waals surface area contributed by atoms with Gasteiger partial charge in [-0.3, -0.25) is 4.79 Å². The predicted molar refractivity (Wildman–Crippen MR) is 67.6 cm³/mol. The maximum absolute atomic E-state index is 11.7. The highest BCUT2D eigenvalue weighted by atomic mass is 32.2. The molecule has 1 saturated heterocycles. The Balaban J connectivity index is 2.30. The number of hydrogen-bond donors (Lipinski definition) is 1. The number of piperidine rings is 1. The topological polar surface area (TPSA) is 66.5 Å². The first-order chi connectivity index (χ1) is 7.88. The Hall–Kier alpha value is -0.620. The number of amides is 1. The second kappa shape index (κ2) is 6.35. The van der Waals surface area contributed by atoms with Gasteiger partial charge in [-0.2, -0.15) is 0 Å². The van der Waals surface area contributed by atoms with Crippen LogP contribution in [-0.2, 0) is 14.6 Å². The van der Waals surface area contributed by atoms with Crippen molar-refractivity contribution < 1.29 is 13.2 Å². The molecule has 1 rings (SSSR count). The summed E-state index contributed by atoms with van der Waals surface area (Å²) in [5, 5.41) is 3.30. The molecule has 1 atom stereocenters. The Morgan fingerprint density at radius 2 is 2.18 bits per heavy atom. The molecular formula is C11H22N2O3S. The molecule has 100 valence electrons. The minimum Gasteiger partial charge on any atom is -0.345 e. The average Bonchev–Trinajstić information content (AvgIpc) is 2.26. The van der Waals surface area contributed by atoms with Crippen molar-refractivity contribution in [2.75, 3.05) is 38.7 Å². The molecule has 1 unspecified atom stereocenters. The third kappa shape index (κ3) is 6.02. The van der Waals surface area contributed by atoms with E-state index in [0.29, 0.717) is 5.92 Å². The molecule has 0 radical (unpaired) electrons. The van der Waals surface area contributed by atoms with Crippen molar-refractivity contribution in [1.29, 1.82) is 0 Å². The number of carbonyl (C=O) groups is 1. The fraction of sp³-hybridized carbons (Fsp3) is 0.909. The lowest BCUT2D eigenvalue weighted by Crippen LogP contribution is -2.39. The normalized spacial score (nSPS) is 21.2. The minimum absolute atomic E-state index is 0.0565. The van der Waals surface area contributed by atoms with Crippen LogP contribution in [0.2, 0.25) is 0 Å². The smallest absolute Gasteiger partial charge is 0.223 e. The van der Waals surface area contributed by atoms with Gasteiger partial charge in [-0.15, -0.1) is 0 Å². The van der Waals surface area contributed by atoms with E-state index in [4.69, 9.17) is 0 Å². The first kappa shape index (κ1) is 14.4. The molecule has 0 saturated carbocycles. The van der Waals surface area contributed by atoms with Crippen LogP contribution in [0.4, 0.5) is 0 Å². The van der Waals surface area contributed by atoms with Crippen LogP contribution in [-0.4, -0.2) is 57.9 Å². The zero-order valence-corrected chi connectivity index (χ0v) is 11.4. The van der Waals surface area contributed by atoms with Gasteiger partial charge in [0.15, 0.2) is 0 Å². The third-order valence-electron chi connectivity index (χ3n) is 3.04. The quantitative estimate of drug-likeness (QED) is 0.750. The van der Waals surface area contributed by atoms with Gasteiger partial charge in [0.1, 0.15) is 9.84 Å². The van der Waals surface area contributed by atoms with Gasteiger partial charge in [-0.05, 0) is 31.8 Å². The molecule has 0 aromatic rings. The second-order valence-electron chi connectivity index (χ2n) is 4.87. The Morgan fingerprint density at radius 1 is 1.47 bits per heavy atom. The van der Waals surface area contributed by atoms with Gasteiger partial charge in [0.2, 0.25) is 5.91 Å². The Labute approximate surface area is 103 Å². The van der Waals surface area contributed by atoms with Crippen molar-refractivity contribution in [3.05, 3.63) is 0 Å². The summed E-state index contributed by atoms with van der Waals surface area (Å²) in [5.41, 5.74) is 0. The molecule has 1 amide bonds. The molecule has 17 heavy (non-hydrogen) atoms. The summed E-state index contributed by atoms with van der Waals surface area (Å²) in [5.74, 6) is 0.357. The van der Waals surface area contributed by atoms with Crippen LogP contribution in [0, 0.1) is 5.92 Å². The highest BCUT2D eigenvalue weighted by Crippen LogP contribution is 2.11. The molecule has 1 fully saturated rings. The predicted octanol–water partition coefficient (Wildman–Crippen LogP) is -0.121. The van der Waals surface area contributed by atoms with Crippen molar-refractivity contribution >= 4 is 15.7 Å². The monoisotopic (exact) mass is 262 g/mol. The Kier molecular flexibility index (Phi) is 5.39. The van der Waals surface area contributed by atoms with Crippen molar-refractivity contribution in [3.8, 4) is 0 Å². The highest BCUT2D eigenvalue weighted by molar-refractivity contribution is 7.90. The van der Waals surface area contributed by atoms with E-state index in [0.717, 1.165) is 38.7 Å². The minimum atomic E-state index is -3.05. The van der Waals surface area contributed by atoms with Crippen molar-refractivity contribution in [1.82, 2.24) is 10.2 Å². The van der Waals surface area contributed by atoms with Crippen LogP contribution in [0.1, 0.15) is 19.3 Å². The second-order valence-corrected chi connectivity index (χ2v) is 7.13. The maximum atomic E-state index is 11.7. The highest BCUT2D eigenvalue weighted by Gasteiger charge is 2.18. The molecule has 1 N–H and O–H groups in total. The van der Waals surface area contributed by atoms with Crippen molar-refractivity contribution in [2.24, 2.45) is 5.92 Å². The van der Waals surface area contributed by atoms with E-state index in [-0.39, 0.29) is 18.1 Å². The van der Waals surface area contributed by atoms with E-state index in [9.17, 15) is 13.2 Å². The van der Waals surface area contributed by atoms with Crippen molar-refractivity contribution in [3.63, 3.8) is 0 Å². The molecule has 1 aliphatic rings. The van der Waals surface area contributed by atoms with Crippen LogP contribution in [0.5, 0.6) is 0 Å². The van der Waals surface area contributed by atoms with Crippen LogP contribution >= 0.6 is 0 Å². The number of sulfone groups is 1. The third-order valence-corrected chi connectivity index (χ3v) is 3.99. The molecular weight excluding hydrogens is 240 g/mol. The number of nitrogens with zero attached hydrogens (tertiary/aromatic N) is 1. The fourth-order valence-corrected chi connectivity index (χ4v) is 2.58. The van der Waals surface area contributed by atoms with Crippen LogP contribution in [0.3, 0.4) is 0 Å². The SMILES string of the molecule is CN(CC1CCCNC1)C(=O)CCS(C)(=O)=O. The average molecular weight is 262 g/mol. The molecule has 0 bridgehead atoms. The fourth-order valence-electron chi connectivity index (χ4n) is 2.03. The van der Waals surface area contributed by atoms with Crippen LogP contribution in [0.15, 0.2) is 0 Å². The first-order valence-electron chi connectivity index (χ1n) is 6.01. The van der Waals surface area contributed by atoms with Crippen molar-refractivity contribution in [2.45, 2.75) is 19.3 Å². The van der Waals surface area contributed by atoms with E-state index >= 15 is 0 Å². The van der Waals surface area contributed by atoms with Gasteiger partial charge in [0.05, 0.1) is 5.75 Å². The van der Waals surface area contributed by atoms with Gasteiger partial charge in [-0.1, -0.05) is 0 Å². The summed E-state index contributed by atoms with van der Waals surface area (Å²) in [6.07, 6.45) is 3.54. The van der Waals surface area contributed by atoms with Gasteiger partial charge < -0.3 is 10.2 Å². The molecule has 0 aromatic carbocycles. The zero-order valence-electron chi connectivity index (χ0n) is 10.6. The first-order valence-corrected chi connectivity index (χ1v) is 8.07. The summed E-state index contributed by atoms with van der Waals surface area (Å²) in [7, 11) is -1.30. The summed E-state index contributed by atoms with van der Waals surface area (Å²) >= 11 is 0. The lowest BCUT2D eigenvalue weighted by molar-refractivity contribution is -0.130. The van der Waals surface area contributed by atoms with E-state index < -0.39 is 9.84 Å². The Morgan fingerprint density at radius 3 is 2.71 bits per heavy atom. The van der Waals surface area contributed by atoms with Gasteiger partial charge >= 0.3 is 0 Å². The summed E-state index contributed by atoms with van der Waals surface area (Å²) in [6.45, 7) is 2.72. The number of hydrogen-bond acceptors (Lipinski definition) is 4. The molecule has 0 aromatic heterocycles. The number of rotatable bonds is 5. The Bertz CT molecular complexity index is 348. The largest absolute Gasteiger partial charge is 0.345 e. The number of carbonyl (C=O) groups excluding carboxylic acids is 1. The summed E-state index contributed by atoms with van der Waals surface area (Å²) in [4.78, 5) is 13.4. The van der Waals surface area contributed by atoms with Gasteiger partial charge in [0, 0.05) is 26.3 Å².